The summed E-state index contributed by atoms with van der Waals surface area (Å²) < 4.78 is 1.39. The lowest BCUT2D eigenvalue weighted by Crippen LogP contribution is -1.86. The number of hydrogen-bond acceptors (Lipinski definition) is 1. The van der Waals surface area contributed by atoms with E-state index in [4.69, 9.17) is 0 Å². The number of fused-ring (bicyclic) bond motifs is 12. The van der Waals surface area contributed by atoms with Crippen molar-refractivity contribution in [2.45, 2.75) is 0 Å². The number of benzene rings is 6. The maximum Gasteiger partial charge on any atom is 0.0427 e. The summed E-state index contributed by atoms with van der Waals surface area (Å²) in [5.41, 5.74) is 0. The van der Waals surface area contributed by atoms with Gasteiger partial charge in [-0.05, 0) is 54.5 Å². The molecule has 0 amide bonds. The van der Waals surface area contributed by atoms with E-state index >= 15 is 0 Å². The van der Waals surface area contributed by atoms with E-state index in [1.165, 1.54) is 63.9 Å². The minimum absolute atomic E-state index is 1.30. The molecule has 0 bridgehead atoms. The lowest BCUT2D eigenvalue weighted by atomic mass is 9.89. The maximum atomic E-state index is 2.33. The van der Waals surface area contributed by atoms with Crippen LogP contribution in [0.25, 0.3) is 63.9 Å². The number of hydrogen-bond donors (Lipinski definition) is 0. The first-order valence-electron chi connectivity index (χ1n) is 9.95. The monoisotopic (exact) mass is 384 g/mol. The zero-order valence-corrected chi connectivity index (χ0v) is 16.5. The highest BCUT2D eigenvalue weighted by molar-refractivity contribution is 7.18. The van der Waals surface area contributed by atoms with Crippen molar-refractivity contribution >= 4 is 75.3 Å². The molecule has 0 nitrogen and oxygen atoms in total. The van der Waals surface area contributed by atoms with Crippen LogP contribution in [0.3, 0.4) is 0 Å². The lowest BCUT2D eigenvalue weighted by Gasteiger charge is -2.14. The summed E-state index contributed by atoms with van der Waals surface area (Å²) in [5.74, 6) is 0. The van der Waals surface area contributed by atoms with Crippen molar-refractivity contribution < 1.29 is 0 Å². The summed E-state index contributed by atoms with van der Waals surface area (Å²) in [6, 6.07) is 33.6. The smallest absolute Gasteiger partial charge is 0.0427 e. The third kappa shape index (κ3) is 1.98. The fraction of sp³-hybridized carbons (Fsp3) is 0. The summed E-state index contributed by atoms with van der Waals surface area (Å²) >= 11 is 1.85. The molecule has 0 saturated heterocycles. The Morgan fingerprint density at radius 3 is 1.83 bits per heavy atom. The van der Waals surface area contributed by atoms with Crippen molar-refractivity contribution in [3.05, 3.63) is 96.4 Å². The standard InChI is InChI=1S/C28H16S/c1-3-7-20-17(5-1)9-10-19-12-14-24-27(25(19)20)26-21-8-4-2-6-18(21)11-13-22(26)23-15-16-29-28(23)24/h1-16H. The van der Waals surface area contributed by atoms with E-state index in [2.05, 4.69) is 96.4 Å². The van der Waals surface area contributed by atoms with Gasteiger partial charge in [0.1, 0.15) is 0 Å². The van der Waals surface area contributed by atoms with Gasteiger partial charge in [-0.3, -0.25) is 0 Å². The van der Waals surface area contributed by atoms with Crippen molar-refractivity contribution in [1.29, 1.82) is 0 Å². The van der Waals surface area contributed by atoms with E-state index in [1.54, 1.807) is 0 Å². The topological polar surface area (TPSA) is 0 Å². The molecule has 0 unspecified atom stereocenters. The summed E-state index contributed by atoms with van der Waals surface area (Å²) in [6.45, 7) is 0. The molecule has 7 aromatic rings. The molecule has 1 heterocycles. The van der Waals surface area contributed by atoms with Gasteiger partial charge in [-0.1, -0.05) is 84.9 Å². The van der Waals surface area contributed by atoms with Gasteiger partial charge < -0.3 is 0 Å². The third-order valence-corrected chi connectivity index (χ3v) is 7.24. The molecule has 0 fully saturated rings. The quantitative estimate of drug-likeness (QED) is 0.229. The van der Waals surface area contributed by atoms with Crippen LogP contribution in [0.1, 0.15) is 0 Å². The molecule has 0 spiro atoms. The Balaban J connectivity index is 1.95. The van der Waals surface area contributed by atoms with Crippen LogP contribution in [0.5, 0.6) is 0 Å². The molecule has 0 aliphatic carbocycles. The van der Waals surface area contributed by atoms with Crippen molar-refractivity contribution in [2.24, 2.45) is 0 Å². The van der Waals surface area contributed by atoms with Gasteiger partial charge in [0.2, 0.25) is 0 Å². The van der Waals surface area contributed by atoms with Gasteiger partial charge in [-0.25, -0.2) is 0 Å². The molecule has 1 heteroatoms. The summed E-state index contributed by atoms with van der Waals surface area (Å²) in [5, 5.41) is 17.0. The normalized spacial score (nSPS) is 12.1. The first-order valence-corrected chi connectivity index (χ1v) is 10.8. The molecule has 0 saturated carbocycles. The molecule has 0 N–H and O–H groups in total. The van der Waals surface area contributed by atoms with Crippen LogP contribution >= 0.6 is 11.3 Å². The van der Waals surface area contributed by atoms with Gasteiger partial charge in [0.25, 0.3) is 0 Å². The zero-order chi connectivity index (χ0) is 18.9. The second kappa shape index (κ2) is 5.56. The van der Waals surface area contributed by atoms with Gasteiger partial charge in [0.05, 0.1) is 0 Å². The molecule has 0 aliphatic heterocycles. The summed E-state index contributed by atoms with van der Waals surface area (Å²) in [7, 11) is 0. The lowest BCUT2D eigenvalue weighted by molar-refractivity contribution is 1.79. The fourth-order valence-electron chi connectivity index (χ4n) is 5.04. The van der Waals surface area contributed by atoms with Gasteiger partial charge in [0.15, 0.2) is 0 Å². The van der Waals surface area contributed by atoms with Crippen LogP contribution in [-0.2, 0) is 0 Å². The fourth-order valence-corrected chi connectivity index (χ4v) is 5.98. The first kappa shape index (κ1) is 15.5. The van der Waals surface area contributed by atoms with Crippen LogP contribution in [-0.4, -0.2) is 0 Å². The van der Waals surface area contributed by atoms with E-state index < -0.39 is 0 Å². The van der Waals surface area contributed by atoms with Crippen molar-refractivity contribution in [2.75, 3.05) is 0 Å². The average molecular weight is 385 g/mol. The molecule has 0 atom stereocenters. The maximum absolute atomic E-state index is 2.33. The molecule has 1 aromatic heterocycles. The molecule has 6 aromatic carbocycles. The van der Waals surface area contributed by atoms with Crippen LogP contribution < -0.4 is 0 Å². The molecular weight excluding hydrogens is 368 g/mol. The Labute approximate surface area is 171 Å². The Morgan fingerprint density at radius 1 is 0.379 bits per heavy atom. The van der Waals surface area contributed by atoms with Crippen molar-refractivity contribution in [1.82, 2.24) is 0 Å². The van der Waals surface area contributed by atoms with Gasteiger partial charge in [0, 0.05) is 20.9 Å². The Hall–Kier alpha value is -3.42. The average Bonchev–Trinajstić information content (AvgIpc) is 3.28. The number of rotatable bonds is 0. The van der Waals surface area contributed by atoms with Crippen molar-refractivity contribution in [3.8, 4) is 0 Å². The third-order valence-electron chi connectivity index (χ3n) is 6.29. The van der Waals surface area contributed by atoms with E-state index in [1.807, 2.05) is 11.3 Å². The van der Waals surface area contributed by atoms with Gasteiger partial charge in [-0.2, -0.15) is 0 Å². The van der Waals surface area contributed by atoms with Crippen LogP contribution in [0.2, 0.25) is 0 Å². The molecule has 0 radical (unpaired) electrons. The predicted molar refractivity (Wildman–Crippen MR) is 129 cm³/mol. The number of thiophene rings is 1. The van der Waals surface area contributed by atoms with Crippen LogP contribution in [0.15, 0.2) is 96.4 Å². The molecule has 134 valence electrons. The predicted octanol–water partition coefficient (Wildman–Crippen LogP) is 8.67. The van der Waals surface area contributed by atoms with Crippen LogP contribution in [0, 0.1) is 0 Å². The van der Waals surface area contributed by atoms with Crippen molar-refractivity contribution in [3.63, 3.8) is 0 Å². The zero-order valence-electron chi connectivity index (χ0n) is 15.6. The van der Waals surface area contributed by atoms with E-state index in [-0.39, 0.29) is 0 Å². The first-order chi connectivity index (χ1) is 14.4. The second-order valence-corrected chi connectivity index (χ2v) is 8.66. The van der Waals surface area contributed by atoms with Gasteiger partial charge >= 0.3 is 0 Å². The second-order valence-electron chi connectivity index (χ2n) is 7.75. The molecule has 0 aliphatic rings. The van der Waals surface area contributed by atoms with E-state index in [0.717, 1.165) is 0 Å². The van der Waals surface area contributed by atoms with Gasteiger partial charge in [-0.15, -0.1) is 11.3 Å². The highest BCUT2D eigenvalue weighted by atomic mass is 32.1. The highest BCUT2D eigenvalue weighted by Crippen LogP contribution is 2.45. The Bertz CT molecular complexity index is 1750. The molecule has 7 rings (SSSR count). The largest absolute Gasteiger partial charge is 0.143 e. The van der Waals surface area contributed by atoms with E-state index in [9.17, 15) is 0 Å². The Kier molecular flexibility index (Phi) is 2.97. The highest BCUT2D eigenvalue weighted by Gasteiger charge is 2.15. The minimum Gasteiger partial charge on any atom is -0.143 e. The minimum atomic E-state index is 1.30. The van der Waals surface area contributed by atoms with Crippen LogP contribution in [0.4, 0.5) is 0 Å². The molecule has 29 heavy (non-hydrogen) atoms. The molecular formula is C28H16S. The Morgan fingerprint density at radius 2 is 1.00 bits per heavy atom. The SMILES string of the molecule is c1ccc2c(c1)ccc1ccc3c4sccc4c4ccc5ccccc5c4c3c12. The summed E-state index contributed by atoms with van der Waals surface area (Å²) in [4.78, 5) is 0. The summed E-state index contributed by atoms with van der Waals surface area (Å²) in [6.07, 6.45) is 0. The van der Waals surface area contributed by atoms with E-state index in [0.29, 0.717) is 0 Å².